The van der Waals surface area contributed by atoms with Gasteiger partial charge >= 0.3 is 8.25 Å². The average Bonchev–Trinajstić information content (AvgIpc) is 2.87. The maximum atomic E-state index is 13.1. The van der Waals surface area contributed by atoms with Gasteiger partial charge in [-0.25, -0.2) is 0 Å². The first-order valence-corrected chi connectivity index (χ1v) is 13.0. The van der Waals surface area contributed by atoms with Crippen LogP contribution in [0.1, 0.15) is 36.2 Å². The second kappa shape index (κ2) is 13.3. The van der Waals surface area contributed by atoms with E-state index in [-0.39, 0.29) is 12.5 Å². The monoisotopic (exact) mass is 499 g/mol. The van der Waals surface area contributed by atoms with Crippen molar-refractivity contribution in [2.75, 3.05) is 43.6 Å². The standard InChI is InChI=1S/C26H34N3O5P/c1-4-29(5-2)25-16-21(15-20-9-12-23(33-3)17-24(20)25)26(30)28-22-10-7-19(8-11-22)18-27-13-6-14-34-35(31)32/h7-12,15-17,27,35H,4-6,13-14,18H2,1-3H3,(H,28,30)(H,31,32). The van der Waals surface area contributed by atoms with Crippen molar-refractivity contribution in [2.45, 2.75) is 26.8 Å². The molecule has 0 saturated heterocycles. The Morgan fingerprint density at radius 2 is 1.80 bits per heavy atom. The van der Waals surface area contributed by atoms with Crippen molar-refractivity contribution in [3.05, 3.63) is 65.7 Å². The summed E-state index contributed by atoms with van der Waals surface area (Å²) < 4.78 is 20.6. The van der Waals surface area contributed by atoms with E-state index in [0.29, 0.717) is 25.1 Å². The first-order chi connectivity index (χ1) is 16.9. The zero-order valence-electron chi connectivity index (χ0n) is 20.5. The Kier molecular flexibility index (Phi) is 10.1. The number of carbonyl (C=O) groups is 1. The summed E-state index contributed by atoms with van der Waals surface area (Å²) >= 11 is 0. The van der Waals surface area contributed by atoms with Crippen LogP contribution in [0.5, 0.6) is 5.75 Å². The highest BCUT2D eigenvalue weighted by atomic mass is 31.1. The lowest BCUT2D eigenvalue weighted by Crippen LogP contribution is -2.23. The molecule has 1 atom stereocenters. The summed E-state index contributed by atoms with van der Waals surface area (Å²) in [6.45, 7) is 7.45. The molecular weight excluding hydrogens is 465 g/mol. The molecule has 1 unspecified atom stereocenters. The summed E-state index contributed by atoms with van der Waals surface area (Å²) in [5, 5.41) is 8.30. The Bertz CT molecular complexity index is 1150. The van der Waals surface area contributed by atoms with E-state index in [9.17, 15) is 9.36 Å². The topological polar surface area (TPSA) is 100 Å². The number of carbonyl (C=O) groups excluding carboxylic acids is 1. The Hall–Kier alpha value is -2.90. The molecule has 3 aromatic carbocycles. The Morgan fingerprint density at radius 3 is 2.46 bits per heavy atom. The molecule has 0 aromatic heterocycles. The van der Waals surface area contributed by atoms with Gasteiger partial charge < -0.3 is 29.7 Å². The highest BCUT2D eigenvalue weighted by molar-refractivity contribution is 7.32. The summed E-state index contributed by atoms with van der Waals surface area (Å²) in [7, 11) is -1.20. The minimum absolute atomic E-state index is 0.162. The Balaban J connectivity index is 1.68. The SMILES string of the molecule is CCN(CC)c1cc(C(=O)Nc2ccc(CNCCCO[PH](=O)O)cc2)cc2ccc(OC)cc12. The van der Waals surface area contributed by atoms with E-state index in [1.165, 1.54) is 0 Å². The van der Waals surface area contributed by atoms with Crippen molar-refractivity contribution in [2.24, 2.45) is 0 Å². The van der Waals surface area contributed by atoms with Gasteiger partial charge in [-0.05, 0) is 74.2 Å². The Labute approximate surface area is 207 Å². The van der Waals surface area contributed by atoms with E-state index >= 15 is 0 Å². The lowest BCUT2D eigenvalue weighted by molar-refractivity contribution is 0.102. The summed E-state index contributed by atoms with van der Waals surface area (Å²) in [6.07, 6.45) is 0.652. The molecule has 9 heteroatoms. The van der Waals surface area contributed by atoms with Crippen LogP contribution in [0.25, 0.3) is 10.8 Å². The molecular formula is C26H34N3O5P. The van der Waals surface area contributed by atoms with Crippen molar-refractivity contribution in [3.63, 3.8) is 0 Å². The highest BCUT2D eigenvalue weighted by Crippen LogP contribution is 2.32. The van der Waals surface area contributed by atoms with Crippen molar-refractivity contribution in [3.8, 4) is 5.75 Å². The summed E-state index contributed by atoms with van der Waals surface area (Å²) in [5.41, 5.74) is 3.40. The molecule has 3 aromatic rings. The zero-order valence-corrected chi connectivity index (χ0v) is 21.5. The third-order valence-corrected chi connectivity index (χ3v) is 6.22. The van der Waals surface area contributed by atoms with Gasteiger partial charge in [0.15, 0.2) is 0 Å². The van der Waals surface area contributed by atoms with Crippen molar-refractivity contribution in [1.29, 1.82) is 0 Å². The van der Waals surface area contributed by atoms with E-state index in [1.807, 2.05) is 54.6 Å². The van der Waals surface area contributed by atoms with E-state index < -0.39 is 8.25 Å². The third kappa shape index (κ3) is 7.54. The fourth-order valence-electron chi connectivity index (χ4n) is 3.90. The fourth-order valence-corrected chi connectivity index (χ4v) is 4.22. The number of hydrogen-bond acceptors (Lipinski definition) is 6. The normalized spacial score (nSPS) is 11.9. The number of benzene rings is 3. The molecule has 0 bridgehead atoms. The quantitative estimate of drug-likeness (QED) is 0.229. The van der Waals surface area contributed by atoms with E-state index in [4.69, 9.17) is 9.63 Å². The molecule has 35 heavy (non-hydrogen) atoms. The lowest BCUT2D eigenvalue weighted by atomic mass is 10.0. The third-order valence-electron chi connectivity index (χ3n) is 5.77. The smallest absolute Gasteiger partial charge is 0.316 e. The van der Waals surface area contributed by atoms with Gasteiger partial charge in [0.05, 0.1) is 13.7 Å². The van der Waals surface area contributed by atoms with Crippen LogP contribution < -0.4 is 20.3 Å². The molecule has 0 aliphatic heterocycles. The van der Waals surface area contributed by atoms with Crippen LogP contribution in [0.3, 0.4) is 0 Å². The van der Waals surface area contributed by atoms with Gasteiger partial charge in [-0.15, -0.1) is 0 Å². The first kappa shape index (κ1) is 26.7. The summed E-state index contributed by atoms with van der Waals surface area (Å²) in [5.74, 6) is 0.624. The van der Waals surface area contributed by atoms with Crippen LogP contribution in [0.15, 0.2) is 54.6 Å². The predicted molar refractivity (Wildman–Crippen MR) is 142 cm³/mol. The van der Waals surface area contributed by atoms with E-state index in [1.54, 1.807) is 7.11 Å². The second-order valence-electron chi connectivity index (χ2n) is 8.05. The average molecular weight is 500 g/mol. The molecule has 8 nitrogen and oxygen atoms in total. The lowest BCUT2D eigenvalue weighted by Gasteiger charge is -2.24. The molecule has 0 radical (unpaired) electrons. The van der Waals surface area contributed by atoms with Crippen molar-refractivity contribution >= 4 is 36.3 Å². The number of methoxy groups -OCH3 is 1. The number of anilines is 2. The molecule has 0 spiro atoms. The number of rotatable bonds is 13. The van der Waals surface area contributed by atoms with Crippen LogP contribution in [-0.4, -0.2) is 44.2 Å². The predicted octanol–water partition coefficient (Wildman–Crippen LogP) is 4.83. The number of nitrogens with zero attached hydrogens (tertiary/aromatic N) is 1. The zero-order chi connectivity index (χ0) is 25.2. The van der Waals surface area contributed by atoms with E-state index in [2.05, 4.69) is 33.9 Å². The van der Waals surface area contributed by atoms with Crippen molar-refractivity contribution in [1.82, 2.24) is 5.32 Å². The Morgan fingerprint density at radius 1 is 1.06 bits per heavy atom. The van der Waals surface area contributed by atoms with E-state index in [0.717, 1.165) is 46.5 Å². The van der Waals surface area contributed by atoms with Gasteiger partial charge in [-0.2, -0.15) is 0 Å². The molecule has 0 fully saturated rings. The number of nitrogens with one attached hydrogen (secondary N) is 2. The summed E-state index contributed by atoms with van der Waals surface area (Å²) in [4.78, 5) is 24.0. The maximum Gasteiger partial charge on any atom is 0.316 e. The summed E-state index contributed by atoms with van der Waals surface area (Å²) in [6, 6.07) is 17.4. The van der Waals surface area contributed by atoms with Gasteiger partial charge in [-0.1, -0.05) is 18.2 Å². The fraction of sp³-hybridized carbons (Fsp3) is 0.346. The first-order valence-electron chi connectivity index (χ1n) is 11.8. The molecule has 0 saturated carbocycles. The molecule has 0 aliphatic carbocycles. The van der Waals surface area contributed by atoms with Gasteiger partial charge in [0, 0.05) is 42.0 Å². The number of ether oxygens (including phenoxy) is 1. The van der Waals surface area contributed by atoms with Gasteiger partial charge in [0.2, 0.25) is 0 Å². The molecule has 0 heterocycles. The van der Waals surface area contributed by atoms with Crippen molar-refractivity contribution < 1.29 is 23.5 Å². The minimum Gasteiger partial charge on any atom is -0.497 e. The van der Waals surface area contributed by atoms with Crippen LogP contribution in [0.4, 0.5) is 11.4 Å². The molecule has 3 rings (SSSR count). The molecule has 0 aliphatic rings. The second-order valence-corrected chi connectivity index (χ2v) is 8.87. The minimum atomic E-state index is -2.85. The molecule has 1 amide bonds. The highest BCUT2D eigenvalue weighted by Gasteiger charge is 2.15. The van der Waals surface area contributed by atoms with Crippen LogP contribution in [0, 0.1) is 0 Å². The number of fused-ring (bicyclic) bond motifs is 1. The number of hydrogen-bond donors (Lipinski definition) is 3. The van der Waals surface area contributed by atoms with Gasteiger partial charge in [-0.3, -0.25) is 9.36 Å². The largest absolute Gasteiger partial charge is 0.497 e. The molecule has 188 valence electrons. The van der Waals surface area contributed by atoms with Gasteiger partial charge in [0.1, 0.15) is 5.75 Å². The van der Waals surface area contributed by atoms with Crippen LogP contribution in [-0.2, 0) is 15.6 Å². The number of amides is 1. The molecule has 3 N–H and O–H groups in total. The van der Waals surface area contributed by atoms with Gasteiger partial charge in [0.25, 0.3) is 5.91 Å². The maximum absolute atomic E-state index is 13.1. The van der Waals surface area contributed by atoms with Crippen LogP contribution >= 0.6 is 8.25 Å². The van der Waals surface area contributed by atoms with Crippen LogP contribution in [0.2, 0.25) is 0 Å².